The van der Waals surface area contributed by atoms with Crippen LogP contribution in [0.15, 0.2) is 12.3 Å². The minimum atomic E-state index is -0.473. The SMILES string of the molecule is CC1(C)CN(CCn2ccc([N+](=O)[O-])n2)CCC1N. The molecule has 7 heteroatoms. The van der Waals surface area contributed by atoms with Crippen molar-refractivity contribution in [3.05, 3.63) is 22.4 Å². The Kier molecular flexibility index (Phi) is 3.86. The Bertz CT molecular complexity index is 457. The van der Waals surface area contributed by atoms with Crippen LogP contribution in [0.4, 0.5) is 5.82 Å². The summed E-state index contributed by atoms with van der Waals surface area (Å²) in [7, 11) is 0. The fourth-order valence-corrected chi connectivity index (χ4v) is 2.49. The number of hydrogen-bond donors (Lipinski definition) is 1. The Balaban J connectivity index is 1.87. The molecule has 1 saturated heterocycles. The van der Waals surface area contributed by atoms with Gasteiger partial charge >= 0.3 is 5.82 Å². The molecule has 2 N–H and O–H groups in total. The van der Waals surface area contributed by atoms with Gasteiger partial charge < -0.3 is 20.7 Å². The molecular weight excluding hydrogens is 246 g/mol. The van der Waals surface area contributed by atoms with Crippen LogP contribution in [0, 0.1) is 15.5 Å². The molecule has 1 aliphatic rings. The topological polar surface area (TPSA) is 90.2 Å². The molecule has 0 amide bonds. The Morgan fingerprint density at radius 2 is 2.32 bits per heavy atom. The highest BCUT2D eigenvalue weighted by Gasteiger charge is 2.33. The van der Waals surface area contributed by atoms with Gasteiger partial charge in [-0.1, -0.05) is 13.8 Å². The Morgan fingerprint density at radius 1 is 1.58 bits per heavy atom. The van der Waals surface area contributed by atoms with Gasteiger partial charge in [0.05, 0.1) is 23.9 Å². The number of hydrogen-bond acceptors (Lipinski definition) is 5. The molecule has 1 atom stereocenters. The van der Waals surface area contributed by atoms with Gasteiger partial charge in [0.1, 0.15) is 0 Å². The van der Waals surface area contributed by atoms with Crippen LogP contribution in [0.3, 0.4) is 0 Å². The highest BCUT2D eigenvalue weighted by atomic mass is 16.6. The van der Waals surface area contributed by atoms with Gasteiger partial charge in [-0.15, -0.1) is 0 Å². The van der Waals surface area contributed by atoms with E-state index < -0.39 is 4.92 Å². The van der Waals surface area contributed by atoms with Gasteiger partial charge in [0, 0.05) is 19.1 Å². The van der Waals surface area contributed by atoms with Gasteiger partial charge in [-0.2, -0.15) is 4.68 Å². The number of nitrogens with zero attached hydrogens (tertiary/aromatic N) is 4. The van der Waals surface area contributed by atoms with Crippen molar-refractivity contribution in [2.45, 2.75) is 32.9 Å². The van der Waals surface area contributed by atoms with E-state index in [0.29, 0.717) is 6.54 Å². The molecule has 0 spiro atoms. The van der Waals surface area contributed by atoms with E-state index in [0.717, 1.165) is 26.1 Å². The van der Waals surface area contributed by atoms with Crippen LogP contribution < -0.4 is 5.73 Å². The predicted molar refractivity (Wildman–Crippen MR) is 71.7 cm³/mol. The second-order valence-corrected chi connectivity index (χ2v) is 5.85. The molecule has 0 saturated carbocycles. The van der Waals surface area contributed by atoms with Gasteiger partial charge in [-0.05, 0) is 23.3 Å². The van der Waals surface area contributed by atoms with Gasteiger partial charge in [0.25, 0.3) is 0 Å². The van der Waals surface area contributed by atoms with E-state index in [1.54, 1.807) is 10.9 Å². The quantitative estimate of drug-likeness (QED) is 0.645. The maximum absolute atomic E-state index is 10.5. The molecule has 0 bridgehead atoms. The van der Waals surface area contributed by atoms with E-state index >= 15 is 0 Å². The third-order valence-electron chi connectivity index (χ3n) is 3.85. The van der Waals surface area contributed by atoms with Crippen molar-refractivity contribution in [1.82, 2.24) is 14.7 Å². The summed E-state index contributed by atoms with van der Waals surface area (Å²) in [5.74, 6) is -0.0963. The van der Waals surface area contributed by atoms with Crippen molar-refractivity contribution in [3.8, 4) is 0 Å². The summed E-state index contributed by atoms with van der Waals surface area (Å²) < 4.78 is 1.62. The Morgan fingerprint density at radius 3 is 2.89 bits per heavy atom. The van der Waals surface area contributed by atoms with E-state index in [2.05, 4.69) is 23.8 Å². The van der Waals surface area contributed by atoms with Crippen LogP contribution in [0.1, 0.15) is 20.3 Å². The molecule has 0 aliphatic carbocycles. The van der Waals surface area contributed by atoms with E-state index in [9.17, 15) is 10.1 Å². The van der Waals surface area contributed by atoms with Crippen LogP contribution in [0.5, 0.6) is 0 Å². The zero-order chi connectivity index (χ0) is 14.0. The first-order valence-corrected chi connectivity index (χ1v) is 6.54. The lowest BCUT2D eigenvalue weighted by Gasteiger charge is -2.42. The molecule has 106 valence electrons. The fraction of sp³-hybridized carbons (Fsp3) is 0.750. The summed E-state index contributed by atoms with van der Waals surface area (Å²) in [5.41, 5.74) is 6.22. The lowest BCUT2D eigenvalue weighted by Crippen LogP contribution is -2.52. The first-order valence-electron chi connectivity index (χ1n) is 6.54. The Hall–Kier alpha value is -1.47. The number of likely N-dealkylation sites (tertiary alicyclic amines) is 1. The highest BCUT2D eigenvalue weighted by molar-refractivity contribution is 5.13. The summed E-state index contributed by atoms with van der Waals surface area (Å²) in [6, 6.07) is 1.67. The van der Waals surface area contributed by atoms with Crippen LogP contribution >= 0.6 is 0 Å². The molecule has 19 heavy (non-hydrogen) atoms. The maximum atomic E-state index is 10.5. The molecule has 1 aromatic heterocycles. The average Bonchev–Trinajstić information content (AvgIpc) is 2.79. The number of aromatic nitrogens is 2. The van der Waals surface area contributed by atoms with Crippen molar-refractivity contribution in [1.29, 1.82) is 0 Å². The second-order valence-electron chi connectivity index (χ2n) is 5.85. The summed E-state index contributed by atoms with van der Waals surface area (Å²) in [5, 5.41) is 14.5. The molecule has 1 unspecified atom stereocenters. The number of piperidine rings is 1. The maximum Gasteiger partial charge on any atom is 0.389 e. The summed E-state index contributed by atoms with van der Waals surface area (Å²) in [4.78, 5) is 12.4. The highest BCUT2D eigenvalue weighted by Crippen LogP contribution is 2.27. The van der Waals surface area contributed by atoms with E-state index in [1.807, 2.05) is 0 Å². The standard InChI is InChI=1S/C12H21N5O2/c1-12(2)9-15(5-3-10(12)13)7-8-16-6-4-11(14-16)17(18)19/h4,6,10H,3,5,7-9,13H2,1-2H3. The second kappa shape index (κ2) is 5.26. The molecule has 1 fully saturated rings. The summed E-state index contributed by atoms with van der Waals surface area (Å²) in [6.07, 6.45) is 2.64. The molecule has 7 nitrogen and oxygen atoms in total. The van der Waals surface area contributed by atoms with Crippen molar-refractivity contribution in [2.75, 3.05) is 19.6 Å². The molecular formula is C12H21N5O2. The summed E-state index contributed by atoms with van der Waals surface area (Å²) >= 11 is 0. The normalized spacial score (nSPS) is 23.4. The third kappa shape index (κ3) is 3.30. The predicted octanol–water partition coefficient (Wildman–Crippen LogP) is 0.851. The number of rotatable bonds is 4. The van der Waals surface area contributed by atoms with Crippen LogP contribution in [-0.4, -0.2) is 45.3 Å². The molecule has 0 aromatic carbocycles. The molecule has 1 aromatic rings. The van der Waals surface area contributed by atoms with Crippen molar-refractivity contribution in [3.63, 3.8) is 0 Å². The van der Waals surface area contributed by atoms with E-state index in [-0.39, 0.29) is 17.3 Å². The lowest BCUT2D eigenvalue weighted by molar-refractivity contribution is -0.389. The van der Waals surface area contributed by atoms with Crippen molar-refractivity contribution >= 4 is 5.82 Å². The Labute approximate surface area is 112 Å². The molecule has 0 radical (unpaired) electrons. The van der Waals surface area contributed by atoms with E-state index in [4.69, 9.17) is 5.73 Å². The lowest BCUT2D eigenvalue weighted by atomic mass is 9.80. The molecule has 2 heterocycles. The first-order chi connectivity index (χ1) is 8.88. The summed E-state index contributed by atoms with van der Waals surface area (Å²) in [6.45, 7) is 7.81. The minimum Gasteiger partial charge on any atom is -0.358 e. The van der Waals surface area contributed by atoms with Crippen molar-refractivity contribution in [2.24, 2.45) is 11.1 Å². The van der Waals surface area contributed by atoms with Gasteiger partial charge in [-0.3, -0.25) is 0 Å². The van der Waals surface area contributed by atoms with Crippen LogP contribution in [-0.2, 0) is 6.54 Å². The first kappa shape index (κ1) is 14.0. The number of nitro groups is 1. The smallest absolute Gasteiger partial charge is 0.358 e. The van der Waals surface area contributed by atoms with Gasteiger partial charge in [-0.25, -0.2) is 0 Å². The number of nitrogens with two attached hydrogens (primary N) is 1. The zero-order valence-corrected chi connectivity index (χ0v) is 11.5. The fourth-order valence-electron chi connectivity index (χ4n) is 2.49. The third-order valence-corrected chi connectivity index (χ3v) is 3.85. The van der Waals surface area contributed by atoms with Crippen LogP contribution in [0.25, 0.3) is 0 Å². The van der Waals surface area contributed by atoms with Crippen LogP contribution in [0.2, 0.25) is 0 Å². The minimum absolute atomic E-state index is 0.0963. The monoisotopic (exact) mass is 267 g/mol. The average molecular weight is 267 g/mol. The van der Waals surface area contributed by atoms with E-state index in [1.165, 1.54) is 6.07 Å². The van der Waals surface area contributed by atoms with Crippen molar-refractivity contribution < 1.29 is 4.92 Å². The zero-order valence-electron chi connectivity index (χ0n) is 11.5. The molecule has 1 aliphatic heterocycles. The van der Waals surface area contributed by atoms with Gasteiger partial charge in [0.2, 0.25) is 0 Å². The molecule has 2 rings (SSSR count). The largest absolute Gasteiger partial charge is 0.389 e. The van der Waals surface area contributed by atoms with Gasteiger partial charge in [0.15, 0.2) is 0 Å².